The van der Waals surface area contributed by atoms with E-state index in [1.165, 1.54) is 42.3 Å². The predicted octanol–water partition coefficient (Wildman–Crippen LogP) is 3.51. The molecular formula is C16H20N2. The quantitative estimate of drug-likeness (QED) is 0.808. The van der Waals surface area contributed by atoms with Crippen LogP contribution in [0.1, 0.15) is 37.3 Å². The zero-order valence-corrected chi connectivity index (χ0v) is 10.9. The summed E-state index contributed by atoms with van der Waals surface area (Å²) in [6.07, 6.45) is 5.47. The zero-order valence-electron chi connectivity index (χ0n) is 10.9. The number of piperidine rings is 1. The third-order valence-electron chi connectivity index (χ3n) is 5.09. The average Bonchev–Trinajstić information content (AvgIpc) is 2.87. The van der Waals surface area contributed by atoms with Gasteiger partial charge in [0.1, 0.15) is 0 Å². The van der Waals surface area contributed by atoms with Gasteiger partial charge in [-0.2, -0.15) is 0 Å². The minimum atomic E-state index is 0.742. The molecule has 2 aliphatic heterocycles. The Morgan fingerprint density at radius 3 is 2.56 bits per heavy atom. The summed E-state index contributed by atoms with van der Waals surface area (Å²) >= 11 is 0. The van der Waals surface area contributed by atoms with Crippen molar-refractivity contribution < 1.29 is 0 Å². The van der Waals surface area contributed by atoms with Crippen molar-refractivity contribution >= 4 is 10.9 Å². The fourth-order valence-corrected chi connectivity index (χ4v) is 3.98. The molecule has 2 nitrogen and oxygen atoms in total. The van der Waals surface area contributed by atoms with Gasteiger partial charge in [0.25, 0.3) is 0 Å². The Balaban J connectivity index is 1.67. The number of nitrogens with one attached hydrogen (secondary N) is 1. The molecule has 0 saturated carbocycles. The van der Waals surface area contributed by atoms with Crippen LogP contribution < -0.4 is 0 Å². The van der Waals surface area contributed by atoms with Crippen LogP contribution in [0.3, 0.4) is 0 Å². The van der Waals surface area contributed by atoms with E-state index in [4.69, 9.17) is 0 Å². The van der Waals surface area contributed by atoms with Crippen LogP contribution >= 0.6 is 0 Å². The van der Waals surface area contributed by atoms with Gasteiger partial charge in [0.05, 0.1) is 0 Å². The van der Waals surface area contributed by atoms with Crippen LogP contribution in [0.5, 0.6) is 0 Å². The van der Waals surface area contributed by atoms with Crippen LogP contribution in [0, 0.1) is 0 Å². The Bertz CT molecular complexity index is 524. The molecule has 2 aliphatic rings. The van der Waals surface area contributed by atoms with Crippen LogP contribution in [-0.2, 0) is 0 Å². The van der Waals surface area contributed by atoms with E-state index in [1.54, 1.807) is 0 Å². The topological polar surface area (TPSA) is 19.0 Å². The van der Waals surface area contributed by atoms with E-state index in [-0.39, 0.29) is 0 Å². The van der Waals surface area contributed by atoms with Crippen molar-refractivity contribution in [3.05, 3.63) is 36.0 Å². The van der Waals surface area contributed by atoms with Crippen molar-refractivity contribution in [2.45, 2.75) is 43.7 Å². The van der Waals surface area contributed by atoms with Crippen LogP contribution in [0.4, 0.5) is 0 Å². The lowest BCUT2D eigenvalue weighted by atomic mass is 9.88. The number of fused-ring (bicyclic) bond motifs is 3. The molecule has 94 valence electrons. The SMILES string of the molecule is CN1C2CCC1CC(c1cc3ccccc3[nH]1)C2. The summed E-state index contributed by atoms with van der Waals surface area (Å²) in [5.41, 5.74) is 2.75. The fraction of sp³-hybridized carbons (Fsp3) is 0.500. The average molecular weight is 240 g/mol. The van der Waals surface area contributed by atoms with Gasteiger partial charge in [-0.1, -0.05) is 18.2 Å². The molecule has 2 saturated heterocycles. The van der Waals surface area contributed by atoms with Crippen molar-refractivity contribution in [1.82, 2.24) is 9.88 Å². The number of H-pyrrole nitrogens is 1. The molecule has 0 aliphatic carbocycles. The molecule has 1 aromatic carbocycles. The van der Waals surface area contributed by atoms with Crippen molar-refractivity contribution in [3.63, 3.8) is 0 Å². The number of benzene rings is 1. The first-order valence-electron chi connectivity index (χ1n) is 7.11. The van der Waals surface area contributed by atoms with Gasteiger partial charge in [-0.05, 0) is 50.2 Å². The van der Waals surface area contributed by atoms with E-state index in [1.807, 2.05) is 0 Å². The largest absolute Gasteiger partial charge is 0.358 e. The van der Waals surface area contributed by atoms with Gasteiger partial charge >= 0.3 is 0 Å². The van der Waals surface area contributed by atoms with Crippen LogP contribution in [0.25, 0.3) is 10.9 Å². The number of para-hydroxylation sites is 1. The summed E-state index contributed by atoms with van der Waals surface area (Å²) in [4.78, 5) is 6.24. The maximum absolute atomic E-state index is 3.63. The fourth-order valence-electron chi connectivity index (χ4n) is 3.98. The second kappa shape index (κ2) is 3.86. The summed E-state index contributed by atoms with van der Waals surface area (Å²) in [6, 6.07) is 12.6. The molecule has 0 radical (unpaired) electrons. The molecule has 2 aromatic rings. The van der Waals surface area contributed by atoms with Gasteiger partial charge in [0.15, 0.2) is 0 Å². The standard InChI is InChI=1S/C16H20N2/c1-18-13-6-7-14(18)9-12(8-13)16-10-11-4-2-3-5-15(11)17-16/h2-5,10,12-14,17H,6-9H2,1H3. The Morgan fingerprint density at radius 2 is 1.83 bits per heavy atom. The number of hydrogen-bond acceptors (Lipinski definition) is 1. The summed E-state index contributed by atoms with van der Waals surface area (Å²) in [5.74, 6) is 0.742. The molecule has 0 spiro atoms. The first kappa shape index (κ1) is 10.6. The lowest BCUT2D eigenvalue weighted by molar-refractivity contribution is 0.160. The third-order valence-corrected chi connectivity index (χ3v) is 5.09. The second-order valence-corrected chi connectivity index (χ2v) is 6.03. The van der Waals surface area contributed by atoms with Gasteiger partial charge < -0.3 is 9.88 Å². The molecule has 2 fully saturated rings. The van der Waals surface area contributed by atoms with E-state index >= 15 is 0 Å². The lowest BCUT2D eigenvalue weighted by Gasteiger charge is -2.36. The van der Waals surface area contributed by atoms with Crippen molar-refractivity contribution in [2.75, 3.05) is 7.05 Å². The van der Waals surface area contributed by atoms with Gasteiger partial charge in [-0.3, -0.25) is 0 Å². The van der Waals surface area contributed by atoms with E-state index in [0.29, 0.717) is 0 Å². The first-order valence-corrected chi connectivity index (χ1v) is 7.11. The maximum atomic E-state index is 3.63. The number of aromatic nitrogens is 1. The highest BCUT2D eigenvalue weighted by molar-refractivity contribution is 5.80. The maximum Gasteiger partial charge on any atom is 0.0456 e. The highest BCUT2D eigenvalue weighted by atomic mass is 15.2. The van der Waals surface area contributed by atoms with E-state index < -0.39 is 0 Å². The van der Waals surface area contributed by atoms with Crippen LogP contribution in [0.15, 0.2) is 30.3 Å². The number of rotatable bonds is 1. The molecule has 4 rings (SSSR count). The van der Waals surface area contributed by atoms with Gasteiger partial charge in [-0.15, -0.1) is 0 Å². The zero-order chi connectivity index (χ0) is 12.1. The van der Waals surface area contributed by atoms with Crippen LogP contribution in [0.2, 0.25) is 0 Å². The smallest absolute Gasteiger partial charge is 0.0456 e. The Labute approximate surface area is 108 Å². The molecule has 2 heteroatoms. The van der Waals surface area contributed by atoms with E-state index in [9.17, 15) is 0 Å². The summed E-state index contributed by atoms with van der Waals surface area (Å²) in [5, 5.41) is 1.36. The second-order valence-electron chi connectivity index (χ2n) is 6.03. The van der Waals surface area contributed by atoms with E-state index in [2.05, 4.69) is 47.3 Å². The number of nitrogens with zero attached hydrogens (tertiary/aromatic N) is 1. The molecular weight excluding hydrogens is 220 g/mol. The minimum absolute atomic E-state index is 0.742. The van der Waals surface area contributed by atoms with Crippen LogP contribution in [-0.4, -0.2) is 29.0 Å². The molecule has 2 atom stereocenters. The summed E-state index contributed by atoms with van der Waals surface area (Å²) < 4.78 is 0. The molecule has 0 amide bonds. The summed E-state index contributed by atoms with van der Waals surface area (Å²) in [6.45, 7) is 0. The monoisotopic (exact) mass is 240 g/mol. The molecule has 2 unspecified atom stereocenters. The Morgan fingerprint density at radius 1 is 1.11 bits per heavy atom. The van der Waals surface area contributed by atoms with Crippen molar-refractivity contribution in [1.29, 1.82) is 0 Å². The van der Waals surface area contributed by atoms with Crippen molar-refractivity contribution in [3.8, 4) is 0 Å². The Kier molecular flexibility index (Phi) is 2.28. The number of hydrogen-bond donors (Lipinski definition) is 1. The molecule has 1 N–H and O–H groups in total. The highest BCUT2D eigenvalue weighted by Gasteiger charge is 2.39. The van der Waals surface area contributed by atoms with E-state index in [0.717, 1.165) is 18.0 Å². The highest BCUT2D eigenvalue weighted by Crippen LogP contribution is 2.42. The molecule has 1 aromatic heterocycles. The Hall–Kier alpha value is -1.28. The predicted molar refractivity (Wildman–Crippen MR) is 74.8 cm³/mol. The van der Waals surface area contributed by atoms with Gasteiger partial charge in [-0.25, -0.2) is 0 Å². The first-order chi connectivity index (χ1) is 8.81. The summed E-state index contributed by atoms with van der Waals surface area (Å²) in [7, 11) is 2.31. The van der Waals surface area contributed by atoms with Crippen molar-refractivity contribution in [2.24, 2.45) is 0 Å². The normalized spacial score (nSPS) is 32.2. The van der Waals surface area contributed by atoms with Gasteiger partial charge in [0.2, 0.25) is 0 Å². The third kappa shape index (κ3) is 1.52. The molecule has 2 bridgehead atoms. The number of aromatic amines is 1. The lowest BCUT2D eigenvalue weighted by Crippen LogP contribution is -2.39. The molecule has 18 heavy (non-hydrogen) atoms. The minimum Gasteiger partial charge on any atom is -0.358 e. The van der Waals surface area contributed by atoms with Gasteiger partial charge in [0, 0.05) is 29.2 Å². The molecule has 3 heterocycles.